The zero-order chi connectivity index (χ0) is 14.3. The summed E-state index contributed by atoms with van der Waals surface area (Å²) >= 11 is 0. The van der Waals surface area contributed by atoms with E-state index in [-0.39, 0.29) is 24.0 Å². The average molecular weight is 270 g/mol. The lowest BCUT2D eigenvalue weighted by atomic mass is 9.81. The lowest BCUT2D eigenvalue weighted by Gasteiger charge is -2.40. The molecule has 3 atom stereocenters. The van der Waals surface area contributed by atoms with E-state index in [0.717, 1.165) is 32.1 Å². The number of aliphatic carboxylic acids is 1. The first kappa shape index (κ1) is 16.2. The Kier molecular flexibility index (Phi) is 6.52. The Balaban J connectivity index is 2.71. The molecule has 1 aliphatic rings. The first-order chi connectivity index (χ1) is 9.06. The van der Waals surface area contributed by atoms with Gasteiger partial charge in [-0.25, -0.2) is 9.78 Å². The molecule has 4 nitrogen and oxygen atoms in total. The van der Waals surface area contributed by atoms with Crippen LogP contribution < -0.4 is 0 Å². The smallest absolute Gasteiger partial charge is 0.306 e. The molecule has 0 unspecified atom stereocenters. The summed E-state index contributed by atoms with van der Waals surface area (Å²) in [6.45, 7) is 6.28. The molecule has 0 amide bonds. The Morgan fingerprint density at radius 1 is 1.42 bits per heavy atom. The van der Waals surface area contributed by atoms with Gasteiger partial charge in [-0.05, 0) is 25.2 Å². The summed E-state index contributed by atoms with van der Waals surface area (Å²) in [5.41, 5.74) is -0.384. The van der Waals surface area contributed by atoms with Crippen LogP contribution in [0.5, 0.6) is 0 Å². The zero-order valence-corrected chi connectivity index (χ0v) is 12.2. The van der Waals surface area contributed by atoms with Crippen molar-refractivity contribution in [1.29, 1.82) is 0 Å². The van der Waals surface area contributed by atoms with Gasteiger partial charge in [0.1, 0.15) is 11.7 Å². The minimum absolute atomic E-state index is 0.0109. The molecule has 0 aromatic rings. The Hall–Kier alpha value is -0.870. The maximum Gasteiger partial charge on any atom is 0.306 e. The molecule has 0 aromatic heterocycles. The number of hydrogen-bond acceptors (Lipinski definition) is 3. The van der Waals surface area contributed by atoms with Crippen LogP contribution in [0.15, 0.2) is 12.2 Å². The van der Waals surface area contributed by atoms with Crippen molar-refractivity contribution in [2.24, 2.45) is 5.92 Å². The second-order valence-electron chi connectivity index (χ2n) is 5.30. The summed E-state index contributed by atoms with van der Waals surface area (Å²) in [6.07, 6.45) is 8.62. The van der Waals surface area contributed by atoms with Gasteiger partial charge in [0.15, 0.2) is 0 Å². The predicted molar refractivity (Wildman–Crippen MR) is 73.7 cm³/mol. The number of unbranched alkanes of at least 4 members (excludes halogenated alkanes) is 1. The largest absolute Gasteiger partial charge is 0.481 e. The first-order valence-corrected chi connectivity index (χ1v) is 7.30. The highest BCUT2D eigenvalue weighted by Crippen LogP contribution is 2.37. The van der Waals surface area contributed by atoms with E-state index in [1.54, 1.807) is 0 Å². The lowest BCUT2D eigenvalue weighted by Crippen LogP contribution is -2.44. The van der Waals surface area contributed by atoms with Crippen LogP contribution >= 0.6 is 0 Å². The highest BCUT2D eigenvalue weighted by atomic mass is 17.2. The average Bonchev–Trinajstić information content (AvgIpc) is 2.40. The third kappa shape index (κ3) is 4.62. The zero-order valence-electron chi connectivity index (χ0n) is 12.2. The van der Waals surface area contributed by atoms with Crippen molar-refractivity contribution < 1.29 is 19.7 Å². The molecule has 19 heavy (non-hydrogen) atoms. The van der Waals surface area contributed by atoms with E-state index in [9.17, 15) is 4.79 Å². The summed E-state index contributed by atoms with van der Waals surface area (Å²) in [4.78, 5) is 21.8. The number of carboxylic acid groups (broad SMARTS) is 1. The summed E-state index contributed by atoms with van der Waals surface area (Å²) in [6, 6.07) is 0. The van der Waals surface area contributed by atoms with Crippen LogP contribution in [0.4, 0.5) is 0 Å². The molecule has 4 heteroatoms. The fourth-order valence-corrected chi connectivity index (χ4v) is 2.51. The van der Waals surface area contributed by atoms with Crippen LogP contribution in [-0.2, 0) is 14.6 Å². The topological polar surface area (TPSA) is 55.8 Å². The van der Waals surface area contributed by atoms with Gasteiger partial charge in [-0.3, -0.25) is 4.79 Å². The van der Waals surface area contributed by atoms with E-state index in [0.29, 0.717) is 0 Å². The molecule has 1 aliphatic heterocycles. The molecular weight excluding hydrogens is 244 g/mol. The summed E-state index contributed by atoms with van der Waals surface area (Å²) in [7, 11) is 0. The fraction of sp³-hybridized carbons (Fsp3) is 0.800. The number of carbonyl (C=O) groups is 1. The predicted octanol–water partition coefficient (Wildman–Crippen LogP) is 3.71. The third-order valence-electron chi connectivity index (χ3n) is 3.85. The second kappa shape index (κ2) is 7.65. The van der Waals surface area contributed by atoms with Crippen LogP contribution in [0.3, 0.4) is 0 Å². The Labute approximate surface area is 115 Å². The van der Waals surface area contributed by atoms with Crippen molar-refractivity contribution in [2.45, 2.75) is 71.0 Å². The molecule has 1 N–H and O–H groups in total. The van der Waals surface area contributed by atoms with Gasteiger partial charge in [0.05, 0.1) is 6.42 Å². The van der Waals surface area contributed by atoms with E-state index >= 15 is 0 Å². The molecule has 1 saturated heterocycles. The quantitative estimate of drug-likeness (QED) is 0.566. The SMILES string of the molecule is CCC/C=C/[C@@]1(CC)C[C@H](CC)[C@H](CC(=O)O)OO1. The molecule has 110 valence electrons. The van der Waals surface area contributed by atoms with Crippen LogP contribution in [0.1, 0.15) is 59.3 Å². The van der Waals surface area contributed by atoms with Crippen molar-refractivity contribution in [3.63, 3.8) is 0 Å². The lowest BCUT2D eigenvalue weighted by molar-refractivity contribution is -0.409. The maximum absolute atomic E-state index is 10.8. The van der Waals surface area contributed by atoms with Gasteiger partial charge < -0.3 is 5.11 Å². The van der Waals surface area contributed by atoms with Gasteiger partial charge in [0.2, 0.25) is 0 Å². The number of allylic oxidation sites excluding steroid dienone is 1. The van der Waals surface area contributed by atoms with E-state index in [2.05, 4.69) is 32.9 Å². The highest BCUT2D eigenvalue weighted by Gasteiger charge is 2.40. The molecule has 0 aromatic carbocycles. The Morgan fingerprint density at radius 2 is 2.16 bits per heavy atom. The molecule has 0 radical (unpaired) electrons. The van der Waals surface area contributed by atoms with Gasteiger partial charge in [0, 0.05) is 0 Å². The van der Waals surface area contributed by atoms with Gasteiger partial charge in [-0.2, -0.15) is 0 Å². The molecule has 1 rings (SSSR count). The first-order valence-electron chi connectivity index (χ1n) is 7.30. The van der Waals surface area contributed by atoms with Crippen molar-refractivity contribution >= 4 is 5.97 Å². The molecule has 0 spiro atoms. The van der Waals surface area contributed by atoms with E-state index < -0.39 is 5.97 Å². The molecule has 1 heterocycles. The van der Waals surface area contributed by atoms with E-state index in [1.807, 2.05) is 0 Å². The molecule has 1 fully saturated rings. The van der Waals surface area contributed by atoms with Crippen molar-refractivity contribution in [3.05, 3.63) is 12.2 Å². The maximum atomic E-state index is 10.8. The number of hydrogen-bond donors (Lipinski definition) is 1. The van der Waals surface area contributed by atoms with Crippen molar-refractivity contribution in [2.75, 3.05) is 0 Å². The molecule has 0 saturated carbocycles. The van der Waals surface area contributed by atoms with E-state index in [1.165, 1.54) is 0 Å². The van der Waals surface area contributed by atoms with Gasteiger partial charge >= 0.3 is 5.97 Å². The normalized spacial score (nSPS) is 31.7. The minimum Gasteiger partial charge on any atom is -0.481 e. The minimum atomic E-state index is -0.836. The Morgan fingerprint density at radius 3 is 2.68 bits per heavy atom. The third-order valence-corrected chi connectivity index (χ3v) is 3.85. The van der Waals surface area contributed by atoms with Gasteiger partial charge in [-0.1, -0.05) is 45.8 Å². The molecule has 0 bridgehead atoms. The number of carboxylic acids is 1. The summed E-state index contributed by atoms with van der Waals surface area (Å²) < 4.78 is 0. The van der Waals surface area contributed by atoms with Crippen LogP contribution in [0, 0.1) is 5.92 Å². The standard InChI is InChI=1S/C15H26O4/c1-4-7-8-9-15(6-3)11-12(5-2)13(18-19-15)10-14(16)17/h8-9,12-13H,4-7,10-11H2,1-3H3,(H,16,17)/b9-8+/t12-,13-,15-/m0/s1. The van der Waals surface area contributed by atoms with Gasteiger partial charge in [-0.15, -0.1) is 0 Å². The highest BCUT2D eigenvalue weighted by molar-refractivity contribution is 5.67. The van der Waals surface area contributed by atoms with Crippen LogP contribution in [0.25, 0.3) is 0 Å². The molecule has 0 aliphatic carbocycles. The van der Waals surface area contributed by atoms with Crippen LogP contribution in [0.2, 0.25) is 0 Å². The fourth-order valence-electron chi connectivity index (χ4n) is 2.51. The van der Waals surface area contributed by atoms with Gasteiger partial charge in [0.25, 0.3) is 0 Å². The Bertz CT molecular complexity index is 313. The van der Waals surface area contributed by atoms with Crippen LogP contribution in [-0.4, -0.2) is 22.8 Å². The number of rotatable bonds is 7. The van der Waals surface area contributed by atoms with Crippen molar-refractivity contribution in [3.8, 4) is 0 Å². The molecular formula is C15H26O4. The van der Waals surface area contributed by atoms with E-state index in [4.69, 9.17) is 14.9 Å². The second-order valence-corrected chi connectivity index (χ2v) is 5.30. The monoisotopic (exact) mass is 270 g/mol. The summed E-state index contributed by atoms with van der Waals surface area (Å²) in [5, 5.41) is 8.89. The summed E-state index contributed by atoms with van der Waals surface area (Å²) in [5.74, 6) is -0.603. The van der Waals surface area contributed by atoms with Crippen molar-refractivity contribution in [1.82, 2.24) is 0 Å².